The molecule has 0 spiro atoms. The summed E-state index contributed by atoms with van der Waals surface area (Å²) in [5.41, 5.74) is 1.18. The molecule has 1 saturated heterocycles. The number of nitrogens with zero attached hydrogens (tertiary/aromatic N) is 1. The summed E-state index contributed by atoms with van der Waals surface area (Å²) in [5.74, 6) is -3.19. The molecule has 1 aliphatic rings. The third-order valence-corrected chi connectivity index (χ3v) is 5.49. The number of nitrogens with one attached hydrogen (secondary N) is 2. The van der Waals surface area contributed by atoms with E-state index in [9.17, 15) is 22.4 Å². The number of aliphatic carboxylic acids is 1. The number of carboxylic acids is 1. The maximum Gasteiger partial charge on any atom is 0.490 e. The van der Waals surface area contributed by atoms with Crippen LogP contribution in [0.5, 0.6) is 0 Å². The maximum atomic E-state index is 13.0. The molecule has 0 radical (unpaired) electrons. The molecule has 2 aromatic rings. The number of rotatable bonds is 3. The topological polar surface area (TPSA) is 91.3 Å². The first-order valence-corrected chi connectivity index (χ1v) is 10.6. The molecule has 0 unspecified atom stereocenters. The van der Waals surface area contributed by atoms with E-state index >= 15 is 0 Å². The summed E-state index contributed by atoms with van der Waals surface area (Å²) in [4.78, 5) is 25.9. The Kier molecular flexibility index (Phi) is 7.67. The molecule has 0 aliphatic carbocycles. The van der Waals surface area contributed by atoms with Gasteiger partial charge in [0.15, 0.2) is 0 Å². The van der Waals surface area contributed by atoms with Crippen molar-refractivity contribution in [2.75, 3.05) is 0 Å². The first-order valence-electron chi connectivity index (χ1n) is 9.70. The number of halogens is 4. The lowest BCUT2D eigenvalue weighted by Crippen LogP contribution is -2.62. The van der Waals surface area contributed by atoms with Gasteiger partial charge in [-0.3, -0.25) is 4.79 Å². The molecule has 1 aromatic carbocycles. The van der Waals surface area contributed by atoms with Crippen LogP contribution in [0.25, 0.3) is 10.6 Å². The minimum atomic E-state index is -5.08. The first kappa shape index (κ1) is 25.7. The summed E-state index contributed by atoms with van der Waals surface area (Å²) in [6, 6.07) is 6.25. The van der Waals surface area contributed by atoms with Crippen molar-refractivity contribution in [3.63, 3.8) is 0 Å². The molecule has 2 heterocycles. The lowest BCUT2D eigenvalue weighted by molar-refractivity contribution is -0.192. The molecular weight excluding hydrogens is 450 g/mol. The Labute approximate surface area is 187 Å². The van der Waals surface area contributed by atoms with Crippen LogP contribution in [0, 0.1) is 5.82 Å². The molecular formula is C21H25F4N3O3S. The standard InChI is InChI=1S/C19H24FN3OS.C2HF3O2/c1-18(2)9-14(10-19(3,4)23-18)21-16(24)15-11-25-17(22-15)12-5-7-13(20)8-6-12;3-2(4,5)1(6)7/h5-8,11,14,23H,9-10H2,1-4H3,(H,21,24);(H,6,7). The second kappa shape index (κ2) is 9.53. The Bertz CT molecular complexity index is 940. The van der Waals surface area contributed by atoms with E-state index in [1.54, 1.807) is 17.5 Å². The van der Waals surface area contributed by atoms with Crippen molar-refractivity contribution in [3.8, 4) is 10.6 Å². The third-order valence-electron chi connectivity index (χ3n) is 4.60. The molecule has 1 amide bonds. The molecule has 0 saturated carbocycles. The second-order valence-electron chi connectivity index (χ2n) is 8.82. The highest BCUT2D eigenvalue weighted by molar-refractivity contribution is 7.13. The van der Waals surface area contributed by atoms with Crippen molar-refractivity contribution in [2.24, 2.45) is 0 Å². The molecule has 3 N–H and O–H groups in total. The van der Waals surface area contributed by atoms with Crippen LogP contribution in [0.4, 0.5) is 17.6 Å². The van der Waals surface area contributed by atoms with E-state index in [0.717, 1.165) is 23.4 Å². The fraction of sp³-hybridized carbons (Fsp3) is 0.476. The number of hydrogen-bond donors (Lipinski definition) is 3. The Balaban J connectivity index is 0.000000451. The second-order valence-corrected chi connectivity index (χ2v) is 9.68. The smallest absolute Gasteiger partial charge is 0.475 e. The van der Waals surface area contributed by atoms with Crippen LogP contribution in [0.15, 0.2) is 29.6 Å². The number of thiazole rings is 1. The zero-order valence-corrected chi connectivity index (χ0v) is 18.8. The number of aromatic nitrogens is 1. The van der Waals surface area contributed by atoms with Gasteiger partial charge in [0.25, 0.3) is 5.91 Å². The third kappa shape index (κ3) is 7.56. The van der Waals surface area contributed by atoms with Crippen LogP contribution in [0.1, 0.15) is 51.0 Å². The monoisotopic (exact) mass is 475 g/mol. The fourth-order valence-corrected chi connectivity index (χ4v) is 4.59. The summed E-state index contributed by atoms with van der Waals surface area (Å²) in [5, 5.41) is 16.3. The molecule has 0 atom stereocenters. The van der Waals surface area contributed by atoms with Crippen LogP contribution in [-0.4, -0.2) is 45.3 Å². The van der Waals surface area contributed by atoms with Gasteiger partial charge in [-0.1, -0.05) is 0 Å². The van der Waals surface area contributed by atoms with E-state index in [-0.39, 0.29) is 28.8 Å². The zero-order valence-electron chi connectivity index (χ0n) is 18.0. The largest absolute Gasteiger partial charge is 0.490 e. The molecule has 0 bridgehead atoms. The van der Waals surface area contributed by atoms with Gasteiger partial charge in [0, 0.05) is 28.1 Å². The highest BCUT2D eigenvalue weighted by Gasteiger charge is 2.39. The van der Waals surface area contributed by atoms with Crippen molar-refractivity contribution in [3.05, 3.63) is 41.2 Å². The molecule has 176 valence electrons. The molecule has 11 heteroatoms. The van der Waals surface area contributed by atoms with E-state index in [4.69, 9.17) is 9.90 Å². The average molecular weight is 476 g/mol. The van der Waals surface area contributed by atoms with Gasteiger partial charge in [-0.25, -0.2) is 14.2 Å². The maximum absolute atomic E-state index is 13.0. The zero-order chi connectivity index (χ0) is 24.3. The predicted octanol–water partition coefficient (Wildman–Crippen LogP) is 4.62. The van der Waals surface area contributed by atoms with Crippen LogP contribution in [-0.2, 0) is 4.79 Å². The minimum absolute atomic E-state index is 0.0267. The van der Waals surface area contributed by atoms with Gasteiger partial charge < -0.3 is 15.7 Å². The summed E-state index contributed by atoms with van der Waals surface area (Å²) in [7, 11) is 0. The number of benzene rings is 1. The predicted molar refractivity (Wildman–Crippen MR) is 113 cm³/mol. The Morgan fingerprint density at radius 2 is 1.62 bits per heavy atom. The normalized spacial score (nSPS) is 17.8. The van der Waals surface area contributed by atoms with Crippen molar-refractivity contribution < 1.29 is 32.3 Å². The lowest BCUT2D eigenvalue weighted by atomic mass is 9.79. The van der Waals surface area contributed by atoms with E-state index in [1.807, 2.05) is 0 Å². The summed E-state index contributed by atoms with van der Waals surface area (Å²) in [6.07, 6.45) is -3.34. The Morgan fingerprint density at radius 3 is 2.09 bits per heavy atom. The van der Waals surface area contributed by atoms with E-state index in [0.29, 0.717) is 5.69 Å². The van der Waals surface area contributed by atoms with Crippen molar-refractivity contribution in [1.82, 2.24) is 15.6 Å². The van der Waals surface area contributed by atoms with Gasteiger partial charge >= 0.3 is 12.1 Å². The number of piperidine rings is 1. The van der Waals surface area contributed by atoms with Gasteiger partial charge in [0.05, 0.1) is 0 Å². The van der Waals surface area contributed by atoms with Gasteiger partial charge in [-0.2, -0.15) is 13.2 Å². The summed E-state index contributed by atoms with van der Waals surface area (Å²) in [6.45, 7) is 8.62. The fourth-order valence-electron chi connectivity index (χ4n) is 3.79. The number of carbonyl (C=O) groups is 2. The van der Waals surface area contributed by atoms with Crippen molar-refractivity contribution in [2.45, 2.75) is 63.8 Å². The van der Waals surface area contributed by atoms with Gasteiger partial charge in [0.1, 0.15) is 16.5 Å². The van der Waals surface area contributed by atoms with Crippen molar-refractivity contribution >= 4 is 23.2 Å². The van der Waals surface area contributed by atoms with Crippen LogP contribution in [0.2, 0.25) is 0 Å². The van der Waals surface area contributed by atoms with Crippen LogP contribution in [0.3, 0.4) is 0 Å². The van der Waals surface area contributed by atoms with Gasteiger partial charge in [-0.05, 0) is 64.8 Å². The first-order chi connectivity index (χ1) is 14.6. The molecule has 1 fully saturated rings. The van der Waals surface area contributed by atoms with Crippen LogP contribution < -0.4 is 10.6 Å². The number of carbonyl (C=O) groups excluding carboxylic acids is 1. The highest BCUT2D eigenvalue weighted by Crippen LogP contribution is 2.29. The molecule has 6 nitrogen and oxygen atoms in total. The van der Waals surface area contributed by atoms with Gasteiger partial charge in [0.2, 0.25) is 0 Å². The molecule has 1 aliphatic heterocycles. The highest BCUT2D eigenvalue weighted by atomic mass is 32.1. The Hall–Kier alpha value is -2.53. The average Bonchev–Trinajstić information content (AvgIpc) is 3.09. The number of hydrogen-bond acceptors (Lipinski definition) is 5. The number of alkyl halides is 3. The molecule has 3 rings (SSSR count). The number of carboxylic acid groups (broad SMARTS) is 1. The SMILES string of the molecule is CC1(C)CC(NC(=O)c2csc(-c3ccc(F)cc3)n2)CC(C)(C)N1.O=C(O)C(F)(F)F. The van der Waals surface area contributed by atoms with E-state index < -0.39 is 12.1 Å². The van der Waals surface area contributed by atoms with Crippen LogP contribution >= 0.6 is 11.3 Å². The lowest BCUT2D eigenvalue weighted by Gasteiger charge is -2.46. The van der Waals surface area contributed by atoms with E-state index in [1.165, 1.54) is 23.5 Å². The summed E-state index contributed by atoms with van der Waals surface area (Å²) >= 11 is 1.39. The van der Waals surface area contributed by atoms with Gasteiger partial charge in [-0.15, -0.1) is 11.3 Å². The molecule has 1 aromatic heterocycles. The molecule has 32 heavy (non-hydrogen) atoms. The minimum Gasteiger partial charge on any atom is -0.475 e. The van der Waals surface area contributed by atoms with E-state index in [2.05, 4.69) is 43.3 Å². The number of amides is 1. The summed E-state index contributed by atoms with van der Waals surface area (Å²) < 4.78 is 44.8. The van der Waals surface area contributed by atoms with Crippen molar-refractivity contribution in [1.29, 1.82) is 0 Å². The quantitative estimate of drug-likeness (QED) is 0.564. The Morgan fingerprint density at radius 1 is 1.12 bits per heavy atom.